The first kappa shape index (κ1) is 17.7. The van der Waals surface area contributed by atoms with E-state index >= 15 is 0 Å². The van der Waals surface area contributed by atoms with E-state index in [1.807, 2.05) is 6.07 Å². The number of hydrogen-bond donors (Lipinski definition) is 2. The molecule has 0 radical (unpaired) electrons. The number of phenols is 2. The van der Waals surface area contributed by atoms with Crippen LogP contribution in [0.2, 0.25) is 5.02 Å². The van der Waals surface area contributed by atoms with Gasteiger partial charge in [-0.25, -0.2) is 0 Å². The van der Waals surface area contributed by atoms with Crippen LogP contribution in [-0.2, 0) is 11.8 Å². The van der Waals surface area contributed by atoms with E-state index in [0.29, 0.717) is 23.1 Å². The van der Waals surface area contributed by atoms with Gasteiger partial charge in [-0.1, -0.05) is 45.4 Å². The molecule has 3 heteroatoms. The van der Waals surface area contributed by atoms with Crippen molar-refractivity contribution in [1.29, 1.82) is 0 Å². The van der Waals surface area contributed by atoms with Gasteiger partial charge in [-0.2, -0.15) is 0 Å². The predicted molar refractivity (Wildman–Crippen MR) is 96.8 cm³/mol. The summed E-state index contributed by atoms with van der Waals surface area (Å²) in [7, 11) is 0. The lowest BCUT2D eigenvalue weighted by Crippen LogP contribution is -2.21. The summed E-state index contributed by atoms with van der Waals surface area (Å²) in [6.07, 6.45) is 0.640. The van der Waals surface area contributed by atoms with E-state index in [0.717, 1.165) is 11.1 Å². The molecule has 2 aromatic rings. The van der Waals surface area contributed by atoms with Crippen LogP contribution in [0.25, 0.3) is 0 Å². The van der Waals surface area contributed by atoms with Gasteiger partial charge in [-0.15, -0.1) is 0 Å². The minimum Gasteiger partial charge on any atom is -0.508 e. The van der Waals surface area contributed by atoms with Crippen LogP contribution in [0.5, 0.6) is 11.5 Å². The summed E-state index contributed by atoms with van der Waals surface area (Å²) < 4.78 is 0. The molecule has 0 bridgehead atoms. The lowest BCUT2D eigenvalue weighted by molar-refractivity contribution is 0.446. The summed E-state index contributed by atoms with van der Waals surface area (Å²) in [4.78, 5) is 0. The zero-order valence-electron chi connectivity index (χ0n) is 14.4. The van der Waals surface area contributed by atoms with Crippen molar-refractivity contribution < 1.29 is 10.2 Å². The second-order valence-corrected chi connectivity index (χ2v) is 7.62. The van der Waals surface area contributed by atoms with Crippen molar-refractivity contribution in [2.75, 3.05) is 0 Å². The Morgan fingerprint density at radius 2 is 1.74 bits per heavy atom. The molecule has 2 aromatic carbocycles. The molecule has 0 amide bonds. The molecule has 0 saturated carbocycles. The summed E-state index contributed by atoms with van der Waals surface area (Å²) in [6.45, 7) is 10.5. The van der Waals surface area contributed by atoms with Gasteiger partial charge in [0, 0.05) is 5.02 Å². The molecule has 0 fully saturated rings. The van der Waals surface area contributed by atoms with Crippen LogP contribution in [0.3, 0.4) is 0 Å². The maximum Gasteiger partial charge on any atom is 0.119 e. The molecule has 0 aromatic heterocycles. The number of rotatable bonds is 4. The molecular formula is C20H25ClO2. The average Bonchev–Trinajstić information content (AvgIpc) is 2.44. The first-order valence-electron chi connectivity index (χ1n) is 7.93. The lowest BCUT2D eigenvalue weighted by Gasteiger charge is -2.27. The van der Waals surface area contributed by atoms with Crippen LogP contribution >= 0.6 is 11.6 Å². The fourth-order valence-electron chi connectivity index (χ4n) is 3.14. The average molecular weight is 333 g/mol. The van der Waals surface area contributed by atoms with Gasteiger partial charge in [0.05, 0.1) is 0 Å². The Balaban J connectivity index is 2.41. The van der Waals surface area contributed by atoms with E-state index in [9.17, 15) is 10.2 Å². The van der Waals surface area contributed by atoms with Gasteiger partial charge in [0.1, 0.15) is 11.5 Å². The Morgan fingerprint density at radius 3 is 2.35 bits per heavy atom. The quantitative estimate of drug-likeness (QED) is 0.753. The van der Waals surface area contributed by atoms with E-state index in [-0.39, 0.29) is 11.2 Å². The lowest BCUT2D eigenvalue weighted by atomic mass is 9.78. The van der Waals surface area contributed by atoms with E-state index in [1.165, 1.54) is 11.1 Å². The first-order chi connectivity index (χ1) is 10.6. The van der Waals surface area contributed by atoms with Crippen LogP contribution < -0.4 is 0 Å². The number of phenolic OH excluding ortho intramolecular Hbond substituents is 2. The summed E-state index contributed by atoms with van der Waals surface area (Å²) in [5, 5.41) is 20.8. The molecule has 0 atom stereocenters. The molecule has 2 rings (SSSR count). The molecule has 0 spiro atoms. The van der Waals surface area contributed by atoms with Crippen molar-refractivity contribution in [2.24, 2.45) is 0 Å². The van der Waals surface area contributed by atoms with E-state index in [1.54, 1.807) is 18.2 Å². The van der Waals surface area contributed by atoms with Gasteiger partial charge >= 0.3 is 0 Å². The molecule has 0 saturated heterocycles. The Labute approximate surface area is 143 Å². The van der Waals surface area contributed by atoms with Crippen LogP contribution in [0.4, 0.5) is 0 Å². The van der Waals surface area contributed by atoms with Gasteiger partial charge in [0.15, 0.2) is 0 Å². The fourth-order valence-corrected chi connectivity index (χ4v) is 3.51. The topological polar surface area (TPSA) is 40.5 Å². The zero-order valence-corrected chi connectivity index (χ0v) is 15.2. The van der Waals surface area contributed by atoms with Crippen LogP contribution in [0.15, 0.2) is 30.3 Å². The van der Waals surface area contributed by atoms with Gasteiger partial charge in [0.2, 0.25) is 0 Å². The monoisotopic (exact) mass is 332 g/mol. The van der Waals surface area contributed by atoms with Gasteiger partial charge in [-0.3, -0.25) is 0 Å². The summed E-state index contributed by atoms with van der Waals surface area (Å²) >= 11 is 6.31. The minimum atomic E-state index is -0.306. The highest BCUT2D eigenvalue weighted by Gasteiger charge is 2.26. The van der Waals surface area contributed by atoms with Crippen molar-refractivity contribution >= 4 is 11.6 Å². The normalized spacial score (nSPS) is 12.0. The second kappa shape index (κ2) is 6.45. The first-order valence-corrected chi connectivity index (χ1v) is 8.31. The minimum absolute atomic E-state index is 0.202. The van der Waals surface area contributed by atoms with Gasteiger partial charge < -0.3 is 10.2 Å². The van der Waals surface area contributed by atoms with Crippen molar-refractivity contribution in [3.63, 3.8) is 0 Å². The molecule has 124 valence electrons. The number of aromatic hydroxyl groups is 2. The van der Waals surface area contributed by atoms with Crippen LogP contribution in [0, 0.1) is 6.92 Å². The van der Waals surface area contributed by atoms with Gasteiger partial charge in [-0.05, 0) is 71.2 Å². The van der Waals surface area contributed by atoms with E-state index in [4.69, 9.17) is 11.6 Å². The number of benzene rings is 2. The molecule has 0 aliphatic carbocycles. The highest BCUT2D eigenvalue weighted by Crippen LogP contribution is 2.38. The number of hydrogen-bond acceptors (Lipinski definition) is 2. The fraction of sp³-hybridized carbons (Fsp3) is 0.400. The smallest absolute Gasteiger partial charge is 0.119 e. The molecule has 0 aliphatic heterocycles. The summed E-state index contributed by atoms with van der Waals surface area (Å²) in [5.41, 5.74) is 3.82. The Kier molecular flexibility index (Phi) is 4.95. The maximum absolute atomic E-state index is 10.4. The van der Waals surface area contributed by atoms with Crippen LogP contribution in [0.1, 0.15) is 55.9 Å². The van der Waals surface area contributed by atoms with Gasteiger partial charge in [0.25, 0.3) is 0 Å². The Morgan fingerprint density at radius 1 is 1.09 bits per heavy atom. The SMILES string of the molecule is Cc1cc(CC(C)(C)c2cc(O)ccc2Cl)c(O)cc1C(C)C. The van der Waals surface area contributed by atoms with E-state index < -0.39 is 0 Å². The number of halogens is 1. The van der Waals surface area contributed by atoms with Crippen molar-refractivity contribution in [2.45, 2.75) is 52.4 Å². The molecule has 2 nitrogen and oxygen atoms in total. The summed E-state index contributed by atoms with van der Waals surface area (Å²) in [6, 6.07) is 8.93. The molecule has 0 unspecified atom stereocenters. The van der Waals surface area contributed by atoms with Crippen molar-refractivity contribution in [1.82, 2.24) is 0 Å². The largest absolute Gasteiger partial charge is 0.508 e. The third kappa shape index (κ3) is 3.81. The second-order valence-electron chi connectivity index (χ2n) is 7.22. The van der Waals surface area contributed by atoms with Crippen molar-refractivity contribution in [3.8, 4) is 11.5 Å². The van der Waals surface area contributed by atoms with Crippen LogP contribution in [-0.4, -0.2) is 10.2 Å². The molecule has 23 heavy (non-hydrogen) atoms. The van der Waals surface area contributed by atoms with E-state index in [2.05, 4.69) is 40.7 Å². The number of aryl methyl sites for hydroxylation is 1. The third-order valence-corrected chi connectivity index (χ3v) is 4.73. The molecule has 0 aliphatic rings. The Bertz CT molecular complexity index is 718. The molecule has 0 heterocycles. The Hall–Kier alpha value is -1.67. The highest BCUT2D eigenvalue weighted by molar-refractivity contribution is 6.31. The highest BCUT2D eigenvalue weighted by atomic mass is 35.5. The zero-order chi connectivity index (χ0) is 17.4. The maximum atomic E-state index is 10.4. The summed E-state index contributed by atoms with van der Waals surface area (Å²) in [5.74, 6) is 0.903. The predicted octanol–water partition coefficient (Wildman–Crippen LogP) is 5.70. The molecule has 2 N–H and O–H groups in total. The third-order valence-electron chi connectivity index (χ3n) is 4.40. The van der Waals surface area contributed by atoms with Crippen molar-refractivity contribution in [3.05, 3.63) is 57.6 Å². The molecular weight excluding hydrogens is 308 g/mol. The standard InChI is InChI=1S/C20H25ClO2/c1-12(2)16-10-19(23)14(8-13(16)3)11-20(4,5)17-9-15(22)6-7-18(17)21/h6-10,12,22-23H,11H2,1-5H3.